The third-order valence-electron chi connectivity index (χ3n) is 4.90. The van der Waals surface area contributed by atoms with Crippen LogP contribution in [0.2, 0.25) is 0 Å². The van der Waals surface area contributed by atoms with Gasteiger partial charge in [-0.25, -0.2) is 0 Å². The van der Waals surface area contributed by atoms with Crippen molar-refractivity contribution in [2.24, 2.45) is 4.99 Å². The lowest BCUT2D eigenvalue weighted by molar-refractivity contribution is 0.394. The van der Waals surface area contributed by atoms with Gasteiger partial charge in [0.2, 0.25) is 0 Å². The van der Waals surface area contributed by atoms with Crippen LogP contribution >= 0.6 is 0 Å². The minimum atomic E-state index is 0.299. The van der Waals surface area contributed by atoms with Crippen molar-refractivity contribution < 1.29 is 9.47 Å². The van der Waals surface area contributed by atoms with Gasteiger partial charge >= 0.3 is 0 Å². The molecule has 1 unspecified atom stereocenters. The highest BCUT2D eigenvalue weighted by Gasteiger charge is 2.24. The fraction of sp³-hybridized carbons (Fsp3) is 0.526. The number of nitrogens with zero attached hydrogens (tertiary/aromatic N) is 5. The normalized spacial score (nSPS) is 16.9. The van der Waals surface area contributed by atoms with Gasteiger partial charge < -0.3 is 29.6 Å². The van der Waals surface area contributed by atoms with Crippen LogP contribution in [0.3, 0.4) is 0 Å². The molecule has 28 heavy (non-hydrogen) atoms. The highest BCUT2D eigenvalue weighted by Crippen LogP contribution is 2.30. The molecule has 1 atom stereocenters. The molecule has 0 saturated carbocycles. The summed E-state index contributed by atoms with van der Waals surface area (Å²) in [7, 11) is 5.11. The number of aromatic nitrogens is 3. The molecule has 9 heteroatoms. The molecule has 0 aliphatic carbocycles. The van der Waals surface area contributed by atoms with Crippen LogP contribution in [0.4, 0.5) is 5.69 Å². The summed E-state index contributed by atoms with van der Waals surface area (Å²) in [6.07, 6.45) is 2.76. The topological polar surface area (TPSA) is 88.8 Å². The van der Waals surface area contributed by atoms with E-state index >= 15 is 0 Å². The van der Waals surface area contributed by atoms with Crippen LogP contribution in [0, 0.1) is 0 Å². The number of benzene rings is 1. The number of guanidine groups is 1. The monoisotopic (exact) mass is 387 g/mol. The fourth-order valence-corrected chi connectivity index (χ4v) is 3.32. The molecule has 1 aliphatic heterocycles. The second kappa shape index (κ2) is 9.29. The summed E-state index contributed by atoms with van der Waals surface area (Å²) in [5, 5.41) is 14.9. The lowest BCUT2D eigenvalue weighted by atomic mass is 10.2. The summed E-state index contributed by atoms with van der Waals surface area (Å²) in [5.74, 6) is 3.24. The predicted octanol–water partition coefficient (Wildman–Crippen LogP) is 1.26. The Hall–Kier alpha value is -2.97. The van der Waals surface area contributed by atoms with Crippen LogP contribution < -0.4 is 25.0 Å². The summed E-state index contributed by atoms with van der Waals surface area (Å²) in [6.45, 7) is 5.33. The molecular formula is C19H29N7O2. The average Bonchev–Trinajstić information content (AvgIpc) is 3.39. The van der Waals surface area contributed by atoms with Gasteiger partial charge in [-0.1, -0.05) is 0 Å². The Morgan fingerprint density at radius 1 is 1.25 bits per heavy atom. The Morgan fingerprint density at radius 3 is 2.64 bits per heavy atom. The molecule has 0 amide bonds. The van der Waals surface area contributed by atoms with Gasteiger partial charge in [-0.15, -0.1) is 10.2 Å². The van der Waals surface area contributed by atoms with Gasteiger partial charge in [0.05, 0.1) is 20.8 Å². The van der Waals surface area contributed by atoms with E-state index in [-0.39, 0.29) is 0 Å². The van der Waals surface area contributed by atoms with E-state index < -0.39 is 0 Å². The van der Waals surface area contributed by atoms with Crippen LogP contribution in [-0.4, -0.2) is 61.1 Å². The first-order valence-corrected chi connectivity index (χ1v) is 9.48. The van der Waals surface area contributed by atoms with E-state index in [1.807, 2.05) is 22.8 Å². The molecule has 1 aromatic carbocycles. The number of hydrogen-bond acceptors (Lipinski definition) is 6. The highest BCUT2D eigenvalue weighted by molar-refractivity contribution is 5.80. The van der Waals surface area contributed by atoms with Crippen molar-refractivity contribution in [2.75, 3.05) is 39.3 Å². The summed E-state index contributed by atoms with van der Waals surface area (Å²) < 4.78 is 12.8. The van der Waals surface area contributed by atoms with Crippen molar-refractivity contribution in [3.05, 3.63) is 30.4 Å². The SMILES string of the molecule is CCn1cnnc1CNC(=NC)NC1CCN(c2cc(OC)cc(OC)c2)C1. The number of ether oxygens (including phenoxy) is 2. The molecule has 2 aromatic rings. The quantitative estimate of drug-likeness (QED) is 0.546. The first-order chi connectivity index (χ1) is 13.7. The smallest absolute Gasteiger partial charge is 0.191 e. The Bertz CT molecular complexity index is 783. The second-order valence-electron chi connectivity index (χ2n) is 6.61. The average molecular weight is 387 g/mol. The molecule has 152 valence electrons. The number of aliphatic imine (C=N–C) groups is 1. The molecule has 9 nitrogen and oxygen atoms in total. The molecule has 0 radical (unpaired) electrons. The van der Waals surface area contributed by atoms with E-state index in [4.69, 9.17) is 9.47 Å². The van der Waals surface area contributed by atoms with E-state index in [0.29, 0.717) is 12.6 Å². The Labute approximate surface area is 165 Å². The largest absolute Gasteiger partial charge is 0.497 e. The maximum absolute atomic E-state index is 5.39. The van der Waals surface area contributed by atoms with Gasteiger partial charge in [-0.3, -0.25) is 4.99 Å². The molecule has 1 aromatic heterocycles. The van der Waals surface area contributed by atoms with Gasteiger partial charge in [0.25, 0.3) is 0 Å². The first-order valence-electron chi connectivity index (χ1n) is 9.48. The van der Waals surface area contributed by atoms with Crippen molar-refractivity contribution in [3.63, 3.8) is 0 Å². The maximum Gasteiger partial charge on any atom is 0.191 e. The van der Waals surface area contributed by atoms with E-state index in [1.165, 1.54) is 0 Å². The number of rotatable bonds is 7. The lowest BCUT2D eigenvalue weighted by Crippen LogP contribution is -2.44. The molecule has 3 rings (SSSR count). The predicted molar refractivity (Wildman–Crippen MR) is 109 cm³/mol. The summed E-state index contributed by atoms with van der Waals surface area (Å²) in [5.41, 5.74) is 1.10. The Kier molecular flexibility index (Phi) is 6.57. The molecule has 2 heterocycles. The van der Waals surface area contributed by atoms with Gasteiger partial charge in [0.15, 0.2) is 11.8 Å². The lowest BCUT2D eigenvalue weighted by Gasteiger charge is -2.21. The zero-order valence-electron chi connectivity index (χ0n) is 17.0. The number of nitrogens with one attached hydrogen (secondary N) is 2. The summed E-state index contributed by atoms with van der Waals surface area (Å²) in [6, 6.07) is 6.26. The van der Waals surface area contributed by atoms with Gasteiger partial charge in [-0.05, 0) is 13.3 Å². The summed E-state index contributed by atoms with van der Waals surface area (Å²) >= 11 is 0. The van der Waals surface area contributed by atoms with Crippen molar-refractivity contribution >= 4 is 11.6 Å². The zero-order chi connectivity index (χ0) is 19.9. The van der Waals surface area contributed by atoms with E-state index in [0.717, 1.165) is 55.0 Å². The fourth-order valence-electron chi connectivity index (χ4n) is 3.32. The van der Waals surface area contributed by atoms with Gasteiger partial charge in [-0.2, -0.15) is 0 Å². The third-order valence-corrected chi connectivity index (χ3v) is 4.90. The van der Waals surface area contributed by atoms with Crippen LogP contribution in [-0.2, 0) is 13.1 Å². The molecule has 1 fully saturated rings. The van der Waals surface area contributed by atoms with Crippen molar-refractivity contribution in [3.8, 4) is 11.5 Å². The maximum atomic E-state index is 5.39. The molecule has 0 bridgehead atoms. The van der Waals surface area contributed by atoms with E-state index in [9.17, 15) is 0 Å². The van der Waals surface area contributed by atoms with Crippen LogP contribution in [0.15, 0.2) is 29.5 Å². The second-order valence-corrected chi connectivity index (χ2v) is 6.61. The molecular weight excluding hydrogens is 358 g/mol. The first kappa shape index (κ1) is 19.8. The standard InChI is InChI=1S/C19H29N7O2/c1-5-25-13-22-24-18(25)11-21-19(20-2)23-14-6-7-26(12-14)15-8-16(27-3)10-17(9-15)28-4/h8-10,13-14H,5-7,11-12H2,1-4H3,(H2,20,21,23). The minimum absolute atomic E-state index is 0.299. The minimum Gasteiger partial charge on any atom is -0.497 e. The Morgan fingerprint density at radius 2 is 2.00 bits per heavy atom. The van der Waals surface area contributed by atoms with E-state index in [1.54, 1.807) is 27.6 Å². The van der Waals surface area contributed by atoms with Gasteiger partial charge in [0.1, 0.15) is 17.8 Å². The number of anilines is 1. The van der Waals surface area contributed by atoms with Crippen molar-refractivity contribution in [2.45, 2.75) is 32.5 Å². The number of methoxy groups -OCH3 is 2. The Balaban J connectivity index is 1.57. The van der Waals surface area contributed by atoms with Crippen LogP contribution in [0.1, 0.15) is 19.2 Å². The molecule has 2 N–H and O–H groups in total. The van der Waals surface area contributed by atoms with Crippen molar-refractivity contribution in [1.29, 1.82) is 0 Å². The molecule has 1 aliphatic rings. The molecule has 0 spiro atoms. The number of hydrogen-bond donors (Lipinski definition) is 2. The number of aryl methyl sites for hydroxylation is 1. The van der Waals surface area contributed by atoms with Gasteiger partial charge in [0, 0.05) is 56.6 Å². The van der Waals surface area contributed by atoms with E-state index in [2.05, 4.69) is 37.6 Å². The summed E-state index contributed by atoms with van der Waals surface area (Å²) in [4.78, 5) is 6.66. The molecule has 1 saturated heterocycles. The zero-order valence-corrected chi connectivity index (χ0v) is 17.0. The van der Waals surface area contributed by atoms with Crippen molar-refractivity contribution in [1.82, 2.24) is 25.4 Å². The van der Waals surface area contributed by atoms with Crippen LogP contribution in [0.25, 0.3) is 0 Å². The third kappa shape index (κ3) is 4.65. The highest BCUT2D eigenvalue weighted by atomic mass is 16.5. The van der Waals surface area contributed by atoms with Crippen LogP contribution in [0.5, 0.6) is 11.5 Å².